The van der Waals surface area contributed by atoms with Gasteiger partial charge in [0.15, 0.2) is 11.5 Å². The number of nitrogens with zero attached hydrogens (tertiary/aromatic N) is 4. The Bertz CT molecular complexity index is 984. The molecule has 0 atom stereocenters. The summed E-state index contributed by atoms with van der Waals surface area (Å²) < 4.78 is 7.50. The number of benzene rings is 2. The van der Waals surface area contributed by atoms with Gasteiger partial charge in [-0.15, -0.1) is 5.10 Å². The van der Waals surface area contributed by atoms with Crippen LogP contribution >= 0.6 is 0 Å². The van der Waals surface area contributed by atoms with Gasteiger partial charge < -0.3 is 9.84 Å². The Morgan fingerprint density at radius 3 is 2.74 bits per heavy atom. The van der Waals surface area contributed by atoms with Crippen molar-refractivity contribution >= 4 is 0 Å². The molecule has 27 heavy (non-hydrogen) atoms. The van der Waals surface area contributed by atoms with E-state index in [2.05, 4.69) is 16.4 Å². The largest absolute Gasteiger partial charge is 0.504 e. The number of phenolic OH excluding ortho intramolecular Hbond substituents is 1. The van der Waals surface area contributed by atoms with Gasteiger partial charge in [0.25, 0.3) is 0 Å². The van der Waals surface area contributed by atoms with Crippen LogP contribution in [0.2, 0.25) is 0 Å². The summed E-state index contributed by atoms with van der Waals surface area (Å²) in [6.07, 6.45) is 6.91. The van der Waals surface area contributed by atoms with Crippen LogP contribution in [0.5, 0.6) is 17.2 Å². The number of hydrogen-bond acceptors (Lipinski definition) is 5. The zero-order valence-electron chi connectivity index (χ0n) is 14.9. The summed E-state index contributed by atoms with van der Waals surface area (Å²) >= 11 is 0. The van der Waals surface area contributed by atoms with Gasteiger partial charge in [-0.1, -0.05) is 36.3 Å². The molecule has 0 spiro atoms. The molecule has 6 heteroatoms. The van der Waals surface area contributed by atoms with Crippen LogP contribution in [0.25, 0.3) is 0 Å². The monoisotopic (exact) mass is 360 g/mol. The molecule has 0 amide bonds. The molecule has 4 rings (SSSR count). The second-order valence-electron chi connectivity index (χ2n) is 6.83. The lowest BCUT2D eigenvalue weighted by atomic mass is 10.1. The van der Waals surface area contributed by atoms with Crippen molar-refractivity contribution in [2.24, 2.45) is 0 Å². The summed E-state index contributed by atoms with van der Waals surface area (Å²) in [7, 11) is 0. The lowest BCUT2D eigenvalue weighted by Gasteiger charge is -2.10. The molecule has 0 radical (unpaired) electrons. The van der Waals surface area contributed by atoms with Crippen molar-refractivity contribution < 1.29 is 9.84 Å². The molecule has 1 fully saturated rings. The van der Waals surface area contributed by atoms with Crippen LogP contribution in [0.15, 0.2) is 48.7 Å². The number of aromatic hydroxyl groups is 1. The third-order valence-electron chi connectivity index (χ3n) is 4.93. The van der Waals surface area contributed by atoms with Gasteiger partial charge in [0.1, 0.15) is 11.8 Å². The van der Waals surface area contributed by atoms with E-state index in [1.165, 1.54) is 25.7 Å². The topological polar surface area (TPSA) is 84.0 Å². The van der Waals surface area contributed by atoms with E-state index in [0.29, 0.717) is 29.5 Å². The van der Waals surface area contributed by atoms with Gasteiger partial charge in [0, 0.05) is 12.1 Å². The Hall–Kier alpha value is -3.33. The van der Waals surface area contributed by atoms with Crippen LogP contribution in [0.1, 0.15) is 48.4 Å². The number of ether oxygens (including phenoxy) is 1. The highest BCUT2D eigenvalue weighted by molar-refractivity contribution is 5.49. The highest BCUT2D eigenvalue weighted by atomic mass is 16.5. The molecule has 0 unspecified atom stereocenters. The van der Waals surface area contributed by atoms with Gasteiger partial charge >= 0.3 is 0 Å². The van der Waals surface area contributed by atoms with E-state index in [9.17, 15) is 5.11 Å². The maximum absolute atomic E-state index is 10.3. The summed E-state index contributed by atoms with van der Waals surface area (Å²) in [5.74, 6) is 1.28. The summed E-state index contributed by atoms with van der Waals surface area (Å²) in [5, 5.41) is 28.0. The first-order valence-corrected chi connectivity index (χ1v) is 9.12. The van der Waals surface area contributed by atoms with Crippen molar-refractivity contribution in [1.82, 2.24) is 15.0 Å². The fraction of sp³-hybridized carbons (Fsp3) is 0.286. The molecule has 0 bridgehead atoms. The van der Waals surface area contributed by atoms with E-state index in [1.54, 1.807) is 41.1 Å². The summed E-state index contributed by atoms with van der Waals surface area (Å²) in [4.78, 5) is 0. The number of para-hydroxylation sites is 1. The molecule has 3 aromatic rings. The van der Waals surface area contributed by atoms with Crippen molar-refractivity contribution in [2.75, 3.05) is 0 Å². The quantitative estimate of drug-likeness (QED) is 0.731. The summed E-state index contributed by atoms with van der Waals surface area (Å²) in [5.41, 5.74) is 2.38. The first kappa shape index (κ1) is 17.1. The Balaban J connectivity index is 1.48. The Morgan fingerprint density at radius 2 is 1.96 bits per heavy atom. The van der Waals surface area contributed by atoms with Crippen molar-refractivity contribution in [3.05, 3.63) is 65.5 Å². The van der Waals surface area contributed by atoms with Crippen LogP contribution in [0, 0.1) is 11.3 Å². The lowest BCUT2D eigenvalue weighted by Crippen LogP contribution is -2.00. The molecule has 1 heterocycles. The van der Waals surface area contributed by atoms with Crippen molar-refractivity contribution in [2.45, 2.75) is 38.1 Å². The number of nitriles is 1. The van der Waals surface area contributed by atoms with Crippen LogP contribution in [0.4, 0.5) is 0 Å². The van der Waals surface area contributed by atoms with Crippen LogP contribution in [-0.4, -0.2) is 20.1 Å². The van der Waals surface area contributed by atoms with E-state index in [4.69, 9.17) is 10.00 Å². The Labute approximate surface area is 157 Å². The van der Waals surface area contributed by atoms with Crippen molar-refractivity contribution in [3.8, 4) is 23.3 Å². The van der Waals surface area contributed by atoms with E-state index in [0.717, 1.165) is 11.3 Å². The predicted molar refractivity (Wildman–Crippen MR) is 99.7 cm³/mol. The number of rotatable bonds is 5. The van der Waals surface area contributed by atoms with Gasteiger partial charge in [0.05, 0.1) is 17.8 Å². The standard InChI is InChI=1S/C21H20N4O2/c22-12-17-7-3-4-8-20(17)27-21-10-9-15(11-19(21)26)13-25-14-18(23-24-25)16-5-1-2-6-16/h3-4,7-11,14,16,26H,1-2,5-6,13H2. The highest BCUT2D eigenvalue weighted by Crippen LogP contribution is 2.34. The third-order valence-corrected chi connectivity index (χ3v) is 4.93. The zero-order valence-corrected chi connectivity index (χ0v) is 14.9. The van der Waals surface area contributed by atoms with Crippen LogP contribution < -0.4 is 4.74 Å². The average Bonchev–Trinajstić information content (AvgIpc) is 3.36. The fourth-order valence-electron chi connectivity index (χ4n) is 3.50. The molecule has 136 valence electrons. The molecule has 6 nitrogen and oxygen atoms in total. The Kier molecular flexibility index (Phi) is 4.75. The first-order valence-electron chi connectivity index (χ1n) is 9.12. The summed E-state index contributed by atoms with van der Waals surface area (Å²) in [6, 6.07) is 14.2. The fourth-order valence-corrected chi connectivity index (χ4v) is 3.50. The second kappa shape index (κ2) is 7.50. The molecular formula is C21H20N4O2. The first-order chi connectivity index (χ1) is 13.2. The molecule has 1 saturated carbocycles. The summed E-state index contributed by atoms with van der Waals surface area (Å²) in [6.45, 7) is 0.530. The third kappa shape index (κ3) is 3.77. The smallest absolute Gasteiger partial charge is 0.169 e. The van der Waals surface area contributed by atoms with Gasteiger partial charge in [-0.05, 0) is 42.7 Å². The minimum atomic E-state index is 0.0244. The predicted octanol–water partition coefficient (Wildman–Crippen LogP) is 4.35. The van der Waals surface area contributed by atoms with E-state index in [1.807, 2.05) is 12.3 Å². The molecule has 0 saturated heterocycles. The molecular weight excluding hydrogens is 340 g/mol. The number of phenols is 1. The number of aromatic nitrogens is 3. The molecule has 1 aliphatic carbocycles. The van der Waals surface area contributed by atoms with E-state index in [-0.39, 0.29) is 5.75 Å². The second-order valence-corrected chi connectivity index (χ2v) is 6.83. The van der Waals surface area contributed by atoms with Gasteiger partial charge in [-0.25, -0.2) is 4.68 Å². The van der Waals surface area contributed by atoms with Crippen molar-refractivity contribution in [3.63, 3.8) is 0 Å². The van der Waals surface area contributed by atoms with E-state index >= 15 is 0 Å². The molecule has 1 aromatic heterocycles. The van der Waals surface area contributed by atoms with Crippen LogP contribution in [-0.2, 0) is 6.54 Å². The van der Waals surface area contributed by atoms with Gasteiger partial charge in [-0.3, -0.25) is 0 Å². The molecule has 2 aromatic carbocycles. The highest BCUT2D eigenvalue weighted by Gasteiger charge is 2.20. The zero-order chi connectivity index (χ0) is 18.6. The lowest BCUT2D eigenvalue weighted by molar-refractivity contribution is 0.409. The number of hydrogen-bond donors (Lipinski definition) is 1. The van der Waals surface area contributed by atoms with Crippen LogP contribution in [0.3, 0.4) is 0 Å². The minimum absolute atomic E-state index is 0.0244. The van der Waals surface area contributed by atoms with E-state index < -0.39 is 0 Å². The molecule has 1 aliphatic rings. The van der Waals surface area contributed by atoms with Gasteiger partial charge in [-0.2, -0.15) is 5.26 Å². The molecule has 1 N–H and O–H groups in total. The SMILES string of the molecule is N#Cc1ccccc1Oc1ccc(Cn2cc(C3CCCC3)nn2)cc1O. The molecule has 0 aliphatic heterocycles. The maximum Gasteiger partial charge on any atom is 0.169 e. The Morgan fingerprint density at radius 1 is 1.15 bits per heavy atom. The normalized spacial score (nSPS) is 14.2. The van der Waals surface area contributed by atoms with Crippen molar-refractivity contribution in [1.29, 1.82) is 5.26 Å². The minimum Gasteiger partial charge on any atom is -0.504 e. The average molecular weight is 360 g/mol. The van der Waals surface area contributed by atoms with Gasteiger partial charge in [0.2, 0.25) is 0 Å². The maximum atomic E-state index is 10.3.